The summed E-state index contributed by atoms with van der Waals surface area (Å²) < 4.78 is 0. The average Bonchev–Trinajstić information content (AvgIpc) is 2.31. The molecule has 1 rings (SSSR count). The lowest BCUT2D eigenvalue weighted by Crippen LogP contribution is -2.32. The quantitative estimate of drug-likeness (QED) is 0.584. The number of carbonyl (C=O) groups is 2. The van der Waals surface area contributed by atoms with Crippen molar-refractivity contribution in [3.63, 3.8) is 0 Å². The summed E-state index contributed by atoms with van der Waals surface area (Å²) in [6.07, 6.45) is 1.04. The van der Waals surface area contributed by atoms with E-state index in [0.29, 0.717) is 12.8 Å². The van der Waals surface area contributed by atoms with Gasteiger partial charge in [-0.15, -0.1) is 0 Å². The molecule has 1 aromatic carbocycles. The average molecular weight is 267 g/mol. The first kappa shape index (κ1) is 14.8. The third-order valence-corrected chi connectivity index (χ3v) is 2.63. The monoisotopic (exact) mass is 267 g/mol. The standard InChI is InChI=1S/C13H17NO5/c1-8(3-2-4-12(17)18)14-13(19)10-7-9(15)5-6-11(10)16/h5-8,15-16H,2-4H2,1H3,(H,14,19)(H,17,18). The zero-order chi connectivity index (χ0) is 14.4. The molecule has 1 aromatic rings. The second-order valence-electron chi connectivity index (χ2n) is 4.36. The minimum Gasteiger partial charge on any atom is -0.508 e. The number of aromatic hydroxyl groups is 2. The molecular formula is C13H17NO5. The predicted molar refractivity (Wildman–Crippen MR) is 68.2 cm³/mol. The normalized spacial score (nSPS) is 11.8. The maximum Gasteiger partial charge on any atom is 0.303 e. The molecule has 1 atom stereocenters. The minimum absolute atomic E-state index is 0.00918. The van der Waals surface area contributed by atoms with E-state index in [-0.39, 0.29) is 29.5 Å². The maximum atomic E-state index is 11.8. The van der Waals surface area contributed by atoms with Gasteiger partial charge >= 0.3 is 5.97 Å². The molecule has 6 heteroatoms. The van der Waals surface area contributed by atoms with Crippen molar-refractivity contribution in [1.82, 2.24) is 5.32 Å². The Morgan fingerprint density at radius 2 is 2.00 bits per heavy atom. The van der Waals surface area contributed by atoms with E-state index in [1.807, 2.05) is 0 Å². The zero-order valence-electron chi connectivity index (χ0n) is 10.6. The van der Waals surface area contributed by atoms with Crippen molar-refractivity contribution in [1.29, 1.82) is 0 Å². The van der Waals surface area contributed by atoms with Gasteiger partial charge in [-0.3, -0.25) is 9.59 Å². The van der Waals surface area contributed by atoms with Crippen LogP contribution in [0.15, 0.2) is 18.2 Å². The number of rotatable bonds is 6. The fourth-order valence-corrected chi connectivity index (χ4v) is 1.64. The Labute approximate surface area is 110 Å². The molecule has 6 nitrogen and oxygen atoms in total. The first-order valence-corrected chi connectivity index (χ1v) is 5.94. The molecule has 0 bridgehead atoms. The van der Waals surface area contributed by atoms with Gasteiger partial charge in [-0.2, -0.15) is 0 Å². The Kier molecular flexibility index (Phi) is 5.17. The van der Waals surface area contributed by atoms with Crippen molar-refractivity contribution in [3.05, 3.63) is 23.8 Å². The van der Waals surface area contributed by atoms with Crippen LogP contribution in [0.5, 0.6) is 11.5 Å². The van der Waals surface area contributed by atoms with Crippen LogP contribution in [-0.2, 0) is 4.79 Å². The number of hydrogen-bond donors (Lipinski definition) is 4. The fourth-order valence-electron chi connectivity index (χ4n) is 1.64. The predicted octanol–water partition coefficient (Wildman–Crippen LogP) is 1.47. The SMILES string of the molecule is CC(CCCC(=O)O)NC(=O)c1cc(O)ccc1O. The molecule has 0 aliphatic rings. The van der Waals surface area contributed by atoms with Crippen molar-refractivity contribution in [2.75, 3.05) is 0 Å². The summed E-state index contributed by atoms with van der Waals surface area (Å²) in [7, 11) is 0. The lowest BCUT2D eigenvalue weighted by molar-refractivity contribution is -0.137. The van der Waals surface area contributed by atoms with E-state index < -0.39 is 11.9 Å². The largest absolute Gasteiger partial charge is 0.508 e. The Hall–Kier alpha value is -2.24. The van der Waals surface area contributed by atoms with Crippen LogP contribution in [0.3, 0.4) is 0 Å². The highest BCUT2D eigenvalue weighted by Gasteiger charge is 2.14. The Bertz CT molecular complexity index is 472. The highest BCUT2D eigenvalue weighted by molar-refractivity contribution is 5.97. The van der Waals surface area contributed by atoms with E-state index >= 15 is 0 Å². The number of carboxylic acids is 1. The number of phenolic OH excluding ortho intramolecular Hbond substituents is 2. The van der Waals surface area contributed by atoms with Crippen molar-refractivity contribution in [2.24, 2.45) is 0 Å². The molecule has 1 unspecified atom stereocenters. The third-order valence-electron chi connectivity index (χ3n) is 2.63. The summed E-state index contributed by atoms with van der Waals surface area (Å²) in [6, 6.07) is 3.48. The summed E-state index contributed by atoms with van der Waals surface area (Å²) in [5.74, 6) is -1.70. The van der Waals surface area contributed by atoms with Gasteiger partial charge in [-0.1, -0.05) is 0 Å². The van der Waals surface area contributed by atoms with E-state index in [1.54, 1.807) is 6.92 Å². The highest BCUT2D eigenvalue weighted by Crippen LogP contribution is 2.22. The third kappa shape index (κ3) is 4.87. The molecular weight excluding hydrogens is 250 g/mol. The highest BCUT2D eigenvalue weighted by atomic mass is 16.4. The van der Waals surface area contributed by atoms with Crippen LogP contribution in [-0.4, -0.2) is 33.2 Å². The molecule has 0 saturated heterocycles. The Balaban J connectivity index is 2.54. The molecule has 0 fully saturated rings. The van der Waals surface area contributed by atoms with Crippen LogP contribution < -0.4 is 5.32 Å². The van der Waals surface area contributed by atoms with Gasteiger partial charge in [-0.05, 0) is 38.0 Å². The van der Waals surface area contributed by atoms with Gasteiger partial charge in [0.25, 0.3) is 5.91 Å². The van der Waals surface area contributed by atoms with Gasteiger partial charge in [0, 0.05) is 12.5 Å². The van der Waals surface area contributed by atoms with E-state index in [4.69, 9.17) is 5.11 Å². The zero-order valence-corrected chi connectivity index (χ0v) is 10.6. The van der Waals surface area contributed by atoms with Crippen LogP contribution in [0.2, 0.25) is 0 Å². The number of benzene rings is 1. The number of phenols is 2. The van der Waals surface area contributed by atoms with Gasteiger partial charge in [0.1, 0.15) is 11.5 Å². The van der Waals surface area contributed by atoms with Crippen molar-refractivity contribution in [2.45, 2.75) is 32.2 Å². The van der Waals surface area contributed by atoms with Crippen LogP contribution in [0, 0.1) is 0 Å². The summed E-state index contributed by atoms with van der Waals surface area (Å²) in [4.78, 5) is 22.2. The second kappa shape index (κ2) is 6.63. The lowest BCUT2D eigenvalue weighted by atomic mass is 10.1. The van der Waals surface area contributed by atoms with Crippen molar-refractivity contribution in [3.8, 4) is 11.5 Å². The van der Waals surface area contributed by atoms with Crippen LogP contribution >= 0.6 is 0 Å². The maximum absolute atomic E-state index is 11.8. The summed E-state index contributed by atoms with van der Waals surface area (Å²) in [5, 5.41) is 29.9. The van der Waals surface area contributed by atoms with Gasteiger partial charge in [0.2, 0.25) is 0 Å². The molecule has 1 amide bonds. The van der Waals surface area contributed by atoms with Crippen molar-refractivity contribution >= 4 is 11.9 Å². The summed E-state index contributed by atoms with van der Waals surface area (Å²) >= 11 is 0. The van der Waals surface area contributed by atoms with Gasteiger partial charge in [0.15, 0.2) is 0 Å². The Morgan fingerprint density at radius 1 is 1.32 bits per heavy atom. The van der Waals surface area contributed by atoms with E-state index in [9.17, 15) is 19.8 Å². The van der Waals surface area contributed by atoms with Crippen LogP contribution in [0.1, 0.15) is 36.5 Å². The van der Waals surface area contributed by atoms with Gasteiger partial charge < -0.3 is 20.6 Å². The Morgan fingerprint density at radius 3 is 2.63 bits per heavy atom. The molecule has 19 heavy (non-hydrogen) atoms. The minimum atomic E-state index is -0.871. The number of hydrogen-bond acceptors (Lipinski definition) is 4. The topological polar surface area (TPSA) is 107 Å². The molecule has 0 heterocycles. The van der Waals surface area contributed by atoms with E-state index in [0.717, 1.165) is 0 Å². The van der Waals surface area contributed by atoms with Gasteiger partial charge in [0.05, 0.1) is 5.56 Å². The summed E-state index contributed by atoms with van der Waals surface area (Å²) in [5.41, 5.74) is -0.00918. The molecule has 0 aliphatic carbocycles. The molecule has 0 aliphatic heterocycles. The summed E-state index contributed by atoms with van der Waals surface area (Å²) in [6.45, 7) is 1.75. The number of amides is 1. The number of aliphatic carboxylic acids is 1. The first-order chi connectivity index (χ1) is 8.90. The molecule has 0 aromatic heterocycles. The molecule has 0 spiro atoms. The van der Waals surface area contributed by atoms with Crippen LogP contribution in [0.25, 0.3) is 0 Å². The lowest BCUT2D eigenvalue weighted by Gasteiger charge is -2.14. The van der Waals surface area contributed by atoms with E-state index in [1.165, 1.54) is 18.2 Å². The molecule has 104 valence electrons. The van der Waals surface area contributed by atoms with E-state index in [2.05, 4.69) is 5.32 Å². The number of nitrogens with one attached hydrogen (secondary N) is 1. The van der Waals surface area contributed by atoms with Crippen LogP contribution in [0.4, 0.5) is 0 Å². The number of carboxylic acid groups (broad SMARTS) is 1. The fraction of sp³-hybridized carbons (Fsp3) is 0.385. The first-order valence-electron chi connectivity index (χ1n) is 5.94. The molecule has 0 radical (unpaired) electrons. The smallest absolute Gasteiger partial charge is 0.303 e. The molecule has 0 saturated carbocycles. The second-order valence-corrected chi connectivity index (χ2v) is 4.36. The van der Waals surface area contributed by atoms with Gasteiger partial charge in [-0.25, -0.2) is 0 Å². The number of carbonyl (C=O) groups excluding carboxylic acids is 1. The molecule has 4 N–H and O–H groups in total. The van der Waals surface area contributed by atoms with Crippen molar-refractivity contribution < 1.29 is 24.9 Å².